The second-order valence-corrected chi connectivity index (χ2v) is 6.73. The molecule has 1 heterocycles. The molecule has 1 aliphatic heterocycles. The van der Waals surface area contributed by atoms with E-state index >= 15 is 0 Å². The fourth-order valence-corrected chi connectivity index (χ4v) is 3.57. The molecule has 2 fully saturated rings. The summed E-state index contributed by atoms with van der Waals surface area (Å²) in [5.74, 6) is 0.827. The molecule has 4 atom stereocenters. The summed E-state index contributed by atoms with van der Waals surface area (Å²) in [7, 11) is 0. The van der Waals surface area contributed by atoms with Gasteiger partial charge >= 0.3 is 0 Å². The molecule has 1 saturated carbocycles. The van der Waals surface area contributed by atoms with Gasteiger partial charge in [0.05, 0.1) is 6.10 Å². The van der Waals surface area contributed by atoms with Crippen molar-refractivity contribution < 1.29 is 4.74 Å². The van der Waals surface area contributed by atoms with E-state index in [1.54, 1.807) is 0 Å². The molecule has 1 aliphatic carbocycles. The van der Waals surface area contributed by atoms with Crippen LogP contribution in [0.15, 0.2) is 0 Å². The van der Waals surface area contributed by atoms with Crippen molar-refractivity contribution in [3.05, 3.63) is 0 Å². The van der Waals surface area contributed by atoms with Gasteiger partial charge in [-0.05, 0) is 43.9 Å². The smallest absolute Gasteiger partial charge is 0.0561 e. The largest absolute Gasteiger partial charge is 0.378 e. The van der Waals surface area contributed by atoms with Gasteiger partial charge in [-0.2, -0.15) is 0 Å². The Morgan fingerprint density at radius 3 is 2.50 bits per heavy atom. The monoisotopic (exact) mass is 225 g/mol. The minimum Gasteiger partial charge on any atom is -0.378 e. The lowest BCUT2D eigenvalue weighted by atomic mass is 9.91. The Labute approximate surface area is 100 Å². The summed E-state index contributed by atoms with van der Waals surface area (Å²) in [6, 6.07) is 1.41. The molecule has 0 radical (unpaired) electrons. The van der Waals surface area contributed by atoms with Crippen LogP contribution in [0.2, 0.25) is 0 Å². The SMILES string of the molecule is CC1CC(NC2CC(C)(C)CC2C)CCO1. The highest BCUT2D eigenvalue weighted by Gasteiger charge is 2.37. The summed E-state index contributed by atoms with van der Waals surface area (Å²) in [6.45, 7) is 10.3. The van der Waals surface area contributed by atoms with Gasteiger partial charge in [-0.3, -0.25) is 0 Å². The minimum absolute atomic E-state index is 0.441. The quantitative estimate of drug-likeness (QED) is 0.780. The van der Waals surface area contributed by atoms with Crippen molar-refractivity contribution in [2.24, 2.45) is 11.3 Å². The molecule has 4 unspecified atom stereocenters. The van der Waals surface area contributed by atoms with E-state index in [0.717, 1.165) is 18.6 Å². The maximum Gasteiger partial charge on any atom is 0.0561 e. The van der Waals surface area contributed by atoms with Crippen LogP contribution >= 0.6 is 0 Å². The van der Waals surface area contributed by atoms with Crippen LogP contribution in [0, 0.1) is 11.3 Å². The summed E-state index contributed by atoms with van der Waals surface area (Å²) in [5, 5.41) is 3.87. The van der Waals surface area contributed by atoms with Gasteiger partial charge in [0.2, 0.25) is 0 Å². The molecule has 2 aliphatic rings. The average molecular weight is 225 g/mol. The van der Waals surface area contributed by atoms with E-state index in [2.05, 4.69) is 33.0 Å². The number of nitrogens with one attached hydrogen (secondary N) is 1. The van der Waals surface area contributed by atoms with Crippen molar-refractivity contribution >= 4 is 0 Å². The molecule has 16 heavy (non-hydrogen) atoms. The summed E-state index contributed by atoms with van der Waals surface area (Å²) in [5.41, 5.74) is 0.536. The molecule has 0 aromatic heterocycles. The summed E-state index contributed by atoms with van der Waals surface area (Å²) in [6.07, 6.45) is 5.51. The fraction of sp³-hybridized carbons (Fsp3) is 1.00. The van der Waals surface area contributed by atoms with Crippen molar-refractivity contribution in [2.45, 2.75) is 71.6 Å². The summed E-state index contributed by atoms with van der Waals surface area (Å²) < 4.78 is 5.60. The van der Waals surface area contributed by atoms with Crippen LogP contribution in [0.1, 0.15) is 53.4 Å². The van der Waals surface area contributed by atoms with Gasteiger partial charge in [0.1, 0.15) is 0 Å². The molecular weight excluding hydrogens is 198 g/mol. The Morgan fingerprint density at radius 2 is 1.94 bits per heavy atom. The average Bonchev–Trinajstić information content (AvgIpc) is 2.39. The topological polar surface area (TPSA) is 21.3 Å². The summed E-state index contributed by atoms with van der Waals surface area (Å²) in [4.78, 5) is 0. The van der Waals surface area contributed by atoms with Gasteiger partial charge in [-0.25, -0.2) is 0 Å². The van der Waals surface area contributed by atoms with Crippen LogP contribution in [0.25, 0.3) is 0 Å². The van der Waals surface area contributed by atoms with Gasteiger partial charge < -0.3 is 10.1 Å². The van der Waals surface area contributed by atoms with Crippen molar-refractivity contribution in [3.8, 4) is 0 Å². The molecule has 1 N–H and O–H groups in total. The molecule has 0 spiro atoms. The normalized spacial score (nSPS) is 43.5. The zero-order chi connectivity index (χ0) is 11.8. The van der Waals surface area contributed by atoms with Gasteiger partial charge in [0.15, 0.2) is 0 Å². The Morgan fingerprint density at radius 1 is 1.19 bits per heavy atom. The number of hydrogen-bond donors (Lipinski definition) is 1. The highest BCUT2D eigenvalue weighted by molar-refractivity contribution is 4.93. The van der Waals surface area contributed by atoms with Crippen molar-refractivity contribution in [2.75, 3.05) is 6.61 Å². The highest BCUT2D eigenvalue weighted by Crippen LogP contribution is 2.41. The molecule has 0 aromatic rings. The molecule has 2 rings (SSSR count). The predicted octanol–water partition coefficient (Wildman–Crippen LogP) is 2.97. The van der Waals surface area contributed by atoms with Gasteiger partial charge in [0.25, 0.3) is 0 Å². The highest BCUT2D eigenvalue weighted by atomic mass is 16.5. The number of ether oxygens (including phenoxy) is 1. The minimum atomic E-state index is 0.441. The first-order valence-corrected chi connectivity index (χ1v) is 6.84. The van der Waals surface area contributed by atoms with Gasteiger partial charge in [-0.1, -0.05) is 20.8 Å². The molecular formula is C14H27NO. The molecule has 94 valence electrons. The molecule has 0 bridgehead atoms. The lowest BCUT2D eigenvalue weighted by molar-refractivity contribution is 0.0104. The molecule has 1 saturated heterocycles. The van der Waals surface area contributed by atoms with E-state index < -0.39 is 0 Å². The maximum atomic E-state index is 5.60. The molecule has 0 aromatic carbocycles. The predicted molar refractivity (Wildman–Crippen MR) is 67.5 cm³/mol. The lowest BCUT2D eigenvalue weighted by Gasteiger charge is -2.32. The third-order valence-corrected chi connectivity index (χ3v) is 4.27. The van der Waals surface area contributed by atoms with E-state index in [1.807, 2.05) is 0 Å². The van der Waals surface area contributed by atoms with Crippen LogP contribution in [0.5, 0.6) is 0 Å². The Kier molecular flexibility index (Phi) is 3.60. The first-order chi connectivity index (χ1) is 7.46. The Hall–Kier alpha value is -0.0800. The van der Waals surface area contributed by atoms with Crippen LogP contribution in [-0.4, -0.2) is 24.8 Å². The second-order valence-electron chi connectivity index (χ2n) is 6.73. The van der Waals surface area contributed by atoms with Crippen LogP contribution in [0.3, 0.4) is 0 Å². The summed E-state index contributed by atoms with van der Waals surface area (Å²) >= 11 is 0. The molecule has 2 nitrogen and oxygen atoms in total. The van der Waals surface area contributed by atoms with E-state index in [-0.39, 0.29) is 0 Å². The van der Waals surface area contributed by atoms with Crippen molar-refractivity contribution in [1.29, 1.82) is 0 Å². The first-order valence-electron chi connectivity index (χ1n) is 6.84. The molecule has 0 amide bonds. The lowest BCUT2D eigenvalue weighted by Crippen LogP contribution is -2.44. The zero-order valence-corrected chi connectivity index (χ0v) is 11.3. The van der Waals surface area contributed by atoms with Crippen LogP contribution in [0.4, 0.5) is 0 Å². The van der Waals surface area contributed by atoms with Crippen LogP contribution < -0.4 is 5.32 Å². The fourth-order valence-electron chi connectivity index (χ4n) is 3.57. The van der Waals surface area contributed by atoms with Crippen molar-refractivity contribution in [1.82, 2.24) is 5.32 Å². The third-order valence-electron chi connectivity index (χ3n) is 4.27. The van der Waals surface area contributed by atoms with Gasteiger partial charge in [-0.15, -0.1) is 0 Å². The number of hydrogen-bond acceptors (Lipinski definition) is 2. The Balaban J connectivity index is 1.85. The maximum absolute atomic E-state index is 5.60. The third kappa shape index (κ3) is 2.98. The molecule has 2 heteroatoms. The first kappa shape index (κ1) is 12.4. The van der Waals surface area contributed by atoms with Gasteiger partial charge in [0, 0.05) is 18.7 Å². The van der Waals surface area contributed by atoms with Crippen LogP contribution in [-0.2, 0) is 4.74 Å². The van der Waals surface area contributed by atoms with E-state index in [0.29, 0.717) is 17.6 Å². The van der Waals surface area contributed by atoms with E-state index in [1.165, 1.54) is 25.7 Å². The van der Waals surface area contributed by atoms with E-state index in [4.69, 9.17) is 4.74 Å². The van der Waals surface area contributed by atoms with Crippen molar-refractivity contribution in [3.63, 3.8) is 0 Å². The number of rotatable bonds is 2. The standard InChI is InChI=1S/C14H27NO/c1-10-8-14(3,4)9-13(10)15-12-5-6-16-11(2)7-12/h10-13,15H,5-9H2,1-4H3. The zero-order valence-electron chi connectivity index (χ0n) is 11.3. The second kappa shape index (κ2) is 4.66. The Bertz CT molecular complexity index is 239. The van der Waals surface area contributed by atoms with E-state index in [9.17, 15) is 0 Å².